The molecule has 0 fully saturated rings. The summed E-state index contributed by atoms with van der Waals surface area (Å²) >= 11 is 0. The predicted octanol–water partition coefficient (Wildman–Crippen LogP) is 1.98. The standard InChI is InChI=1S/C13H30N4/c1-9(2)7-15-13(17-14)16-8-12(10(3)4)11(5)6/h9-12H,7-8,14H2,1-6H3,(H2,15,16,17). The van der Waals surface area contributed by atoms with E-state index in [0.29, 0.717) is 29.6 Å². The minimum absolute atomic E-state index is 0.547. The number of hydrogen-bond acceptors (Lipinski definition) is 2. The molecule has 0 heterocycles. The molecule has 0 atom stereocenters. The summed E-state index contributed by atoms with van der Waals surface area (Å²) in [7, 11) is 0. The second kappa shape index (κ2) is 8.34. The average Bonchev–Trinajstić information content (AvgIpc) is 2.21. The summed E-state index contributed by atoms with van der Waals surface area (Å²) < 4.78 is 0. The Morgan fingerprint density at radius 2 is 1.59 bits per heavy atom. The van der Waals surface area contributed by atoms with Crippen LogP contribution < -0.4 is 16.6 Å². The van der Waals surface area contributed by atoms with Gasteiger partial charge in [0.25, 0.3) is 0 Å². The SMILES string of the molecule is CC(C)CN=C(NN)NCC(C(C)C)C(C)C. The minimum Gasteiger partial charge on any atom is -0.355 e. The number of hydrogen-bond donors (Lipinski definition) is 3. The molecule has 17 heavy (non-hydrogen) atoms. The molecule has 0 aliphatic carbocycles. The maximum absolute atomic E-state index is 5.45. The molecule has 0 saturated heterocycles. The summed E-state index contributed by atoms with van der Waals surface area (Å²) in [5.41, 5.74) is 2.63. The molecule has 0 aromatic carbocycles. The molecular formula is C13H30N4. The molecule has 0 radical (unpaired) electrons. The van der Waals surface area contributed by atoms with Gasteiger partial charge in [-0.2, -0.15) is 0 Å². The van der Waals surface area contributed by atoms with Crippen LogP contribution in [0.1, 0.15) is 41.5 Å². The van der Waals surface area contributed by atoms with E-state index in [-0.39, 0.29) is 0 Å². The van der Waals surface area contributed by atoms with E-state index in [1.165, 1.54) is 0 Å². The molecule has 4 N–H and O–H groups in total. The second-order valence-electron chi connectivity index (χ2n) is 5.76. The Morgan fingerprint density at radius 3 is 1.94 bits per heavy atom. The normalized spacial score (nSPS) is 13.0. The maximum atomic E-state index is 5.45. The molecule has 0 saturated carbocycles. The second-order valence-corrected chi connectivity index (χ2v) is 5.76. The highest BCUT2D eigenvalue weighted by atomic mass is 15.3. The van der Waals surface area contributed by atoms with Crippen LogP contribution in [0.5, 0.6) is 0 Å². The van der Waals surface area contributed by atoms with E-state index in [4.69, 9.17) is 5.84 Å². The summed E-state index contributed by atoms with van der Waals surface area (Å²) in [5.74, 6) is 8.65. The summed E-state index contributed by atoms with van der Waals surface area (Å²) in [4.78, 5) is 4.40. The number of rotatable bonds is 6. The first-order valence-corrected chi connectivity index (χ1v) is 6.63. The summed E-state index contributed by atoms with van der Waals surface area (Å²) in [6.45, 7) is 15.0. The predicted molar refractivity (Wildman–Crippen MR) is 75.6 cm³/mol. The number of nitrogens with two attached hydrogens (primary N) is 1. The van der Waals surface area contributed by atoms with Gasteiger partial charge in [0.2, 0.25) is 5.96 Å². The van der Waals surface area contributed by atoms with Crippen LogP contribution in [0, 0.1) is 23.7 Å². The summed E-state index contributed by atoms with van der Waals surface area (Å²) in [6, 6.07) is 0. The molecule has 0 unspecified atom stereocenters. The van der Waals surface area contributed by atoms with Gasteiger partial charge in [-0.05, 0) is 23.7 Å². The van der Waals surface area contributed by atoms with Gasteiger partial charge in [-0.25, -0.2) is 5.84 Å². The van der Waals surface area contributed by atoms with Crippen LogP contribution in [-0.4, -0.2) is 19.0 Å². The Hall–Kier alpha value is -0.770. The number of guanidine groups is 1. The van der Waals surface area contributed by atoms with Gasteiger partial charge >= 0.3 is 0 Å². The van der Waals surface area contributed by atoms with Crippen molar-refractivity contribution in [3.05, 3.63) is 0 Å². The molecule has 4 heteroatoms. The van der Waals surface area contributed by atoms with Gasteiger partial charge in [-0.15, -0.1) is 0 Å². The lowest BCUT2D eigenvalue weighted by atomic mass is 9.85. The van der Waals surface area contributed by atoms with Crippen molar-refractivity contribution >= 4 is 5.96 Å². The van der Waals surface area contributed by atoms with Gasteiger partial charge in [-0.1, -0.05) is 41.5 Å². The molecule has 0 spiro atoms. The molecule has 102 valence electrons. The Labute approximate surface area is 106 Å². The van der Waals surface area contributed by atoms with E-state index in [0.717, 1.165) is 13.1 Å². The van der Waals surface area contributed by atoms with Crippen molar-refractivity contribution in [3.63, 3.8) is 0 Å². The lowest BCUT2D eigenvalue weighted by Gasteiger charge is -2.25. The van der Waals surface area contributed by atoms with Crippen LogP contribution in [0.3, 0.4) is 0 Å². The van der Waals surface area contributed by atoms with Crippen LogP contribution in [0.4, 0.5) is 0 Å². The number of nitrogens with zero attached hydrogens (tertiary/aromatic N) is 1. The van der Waals surface area contributed by atoms with Crippen LogP contribution in [0.15, 0.2) is 4.99 Å². The van der Waals surface area contributed by atoms with Crippen LogP contribution in [0.2, 0.25) is 0 Å². The van der Waals surface area contributed by atoms with E-state index in [2.05, 4.69) is 57.3 Å². The van der Waals surface area contributed by atoms with Gasteiger partial charge < -0.3 is 5.32 Å². The number of hydrazine groups is 1. The van der Waals surface area contributed by atoms with E-state index >= 15 is 0 Å². The molecule has 0 aliphatic rings. The van der Waals surface area contributed by atoms with Gasteiger partial charge in [0.05, 0.1) is 0 Å². The highest BCUT2D eigenvalue weighted by molar-refractivity contribution is 5.79. The molecule has 0 aliphatic heterocycles. The van der Waals surface area contributed by atoms with Gasteiger partial charge in [-0.3, -0.25) is 10.4 Å². The van der Waals surface area contributed by atoms with Crippen molar-refractivity contribution in [2.45, 2.75) is 41.5 Å². The van der Waals surface area contributed by atoms with Crippen molar-refractivity contribution < 1.29 is 0 Å². The summed E-state index contributed by atoms with van der Waals surface area (Å²) in [5, 5.41) is 3.30. The van der Waals surface area contributed by atoms with E-state index < -0.39 is 0 Å². The maximum Gasteiger partial charge on any atom is 0.205 e. The van der Waals surface area contributed by atoms with Crippen molar-refractivity contribution in [1.29, 1.82) is 0 Å². The van der Waals surface area contributed by atoms with Crippen molar-refractivity contribution in [2.24, 2.45) is 34.5 Å². The molecule has 0 amide bonds. The molecule has 0 aromatic heterocycles. The monoisotopic (exact) mass is 242 g/mol. The third-order valence-electron chi connectivity index (χ3n) is 2.97. The summed E-state index contributed by atoms with van der Waals surface area (Å²) in [6.07, 6.45) is 0. The Morgan fingerprint density at radius 1 is 1.06 bits per heavy atom. The molecule has 0 bridgehead atoms. The fourth-order valence-electron chi connectivity index (χ4n) is 1.88. The quantitative estimate of drug-likeness (QED) is 0.289. The van der Waals surface area contributed by atoms with Crippen LogP contribution >= 0.6 is 0 Å². The number of aliphatic imine (C=N–C) groups is 1. The molecular weight excluding hydrogens is 212 g/mol. The van der Waals surface area contributed by atoms with E-state index in [1.807, 2.05) is 0 Å². The first-order chi connectivity index (χ1) is 7.88. The fraction of sp³-hybridized carbons (Fsp3) is 0.923. The third-order valence-corrected chi connectivity index (χ3v) is 2.97. The fourth-order valence-corrected chi connectivity index (χ4v) is 1.88. The minimum atomic E-state index is 0.547. The van der Waals surface area contributed by atoms with Crippen molar-refractivity contribution in [1.82, 2.24) is 10.7 Å². The highest BCUT2D eigenvalue weighted by Gasteiger charge is 2.17. The van der Waals surface area contributed by atoms with Gasteiger partial charge in [0, 0.05) is 13.1 Å². The molecule has 0 rings (SSSR count). The third kappa shape index (κ3) is 7.21. The van der Waals surface area contributed by atoms with Gasteiger partial charge in [0.1, 0.15) is 0 Å². The first-order valence-electron chi connectivity index (χ1n) is 6.63. The smallest absolute Gasteiger partial charge is 0.205 e. The van der Waals surface area contributed by atoms with Crippen molar-refractivity contribution in [3.8, 4) is 0 Å². The molecule has 0 aromatic rings. The van der Waals surface area contributed by atoms with Crippen LogP contribution in [-0.2, 0) is 0 Å². The zero-order chi connectivity index (χ0) is 13.4. The topological polar surface area (TPSA) is 62.4 Å². The Kier molecular flexibility index (Phi) is 7.96. The zero-order valence-corrected chi connectivity index (χ0v) is 12.2. The van der Waals surface area contributed by atoms with E-state index in [1.54, 1.807) is 0 Å². The first kappa shape index (κ1) is 16.2. The van der Waals surface area contributed by atoms with Gasteiger partial charge in [0.15, 0.2) is 0 Å². The highest BCUT2D eigenvalue weighted by Crippen LogP contribution is 2.19. The van der Waals surface area contributed by atoms with E-state index in [9.17, 15) is 0 Å². The molecule has 4 nitrogen and oxygen atoms in total. The number of nitrogens with one attached hydrogen (secondary N) is 2. The lowest BCUT2D eigenvalue weighted by Crippen LogP contribution is -2.45. The average molecular weight is 242 g/mol. The largest absolute Gasteiger partial charge is 0.355 e. The van der Waals surface area contributed by atoms with Crippen LogP contribution in [0.25, 0.3) is 0 Å². The lowest BCUT2D eigenvalue weighted by molar-refractivity contribution is 0.287. The van der Waals surface area contributed by atoms with Crippen molar-refractivity contribution in [2.75, 3.05) is 13.1 Å². The Balaban J connectivity index is 4.25. The Bertz CT molecular complexity index is 213. The zero-order valence-electron chi connectivity index (χ0n) is 12.2.